The monoisotopic (exact) mass is 253 g/mol. The lowest BCUT2D eigenvalue weighted by Gasteiger charge is -2.38. The van der Waals surface area contributed by atoms with Crippen LogP contribution in [-0.4, -0.2) is 36.6 Å². The molecule has 1 saturated heterocycles. The number of rotatable bonds is 3. The zero-order valence-electron chi connectivity index (χ0n) is 10.5. The van der Waals surface area contributed by atoms with Crippen LogP contribution in [0.5, 0.6) is 0 Å². The molecule has 0 aliphatic carbocycles. The van der Waals surface area contributed by atoms with Crippen molar-refractivity contribution in [1.29, 1.82) is 0 Å². The Morgan fingerprint density at radius 1 is 1.47 bits per heavy atom. The predicted molar refractivity (Wildman–Crippen MR) is 72.6 cm³/mol. The van der Waals surface area contributed by atoms with E-state index in [1.54, 1.807) is 6.20 Å². The van der Waals surface area contributed by atoms with Crippen LogP contribution in [0.2, 0.25) is 5.15 Å². The van der Waals surface area contributed by atoms with Crippen molar-refractivity contribution in [3.8, 4) is 0 Å². The van der Waals surface area contributed by atoms with Crippen LogP contribution in [0.25, 0.3) is 0 Å². The lowest BCUT2D eigenvalue weighted by Crippen LogP contribution is -2.40. The summed E-state index contributed by atoms with van der Waals surface area (Å²) in [6.45, 7) is 5.74. The van der Waals surface area contributed by atoms with E-state index in [1.807, 2.05) is 12.1 Å². The number of hydrogen-bond donors (Lipinski definition) is 1. The fourth-order valence-electron chi connectivity index (χ4n) is 2.16. The average Bonchev–Trinajstić information content (AvgIpc) is 2.31. The third-order valence-electron chi connectivity index (χ3n) is 3.64. The highest BCUT2D eigenvalue weighted by Crippen LogP contribution is 2.30. The van der Waals surface area contributed by atoms with Crippen molar-refractivity contribution in [3.05, 3.63) is 23.5 Å². The van der Waals surface area contributed by atoms with Gasteiger partial charge >= 0.3 is 0 Å². The van der Waals surface area contributed by atoms with Crippen molar-refractivity contribution in [1.82, 2.24) is 9.88 Å². The van der Waals surface area contributed by atoms with E-state index in [1.165, 1.54) is 25.9 Å². The minimum Gasteiger partial charge on any atom is -0.384 e. The highest BCUT2D eigenvalue weighted by atomic mass is 35.5. The molecular formula is C13H20ClN3. The minimum atomic E-state index is 0.391. The molecule has 1 aliphatic rings. The van der Waals surface area contributed by atoms with Gasteiger partial charge in [-0.1, -0.05) is 18.5 Å². The van der Waals surface area contributed by atoms with Crippen molar-refractivity contribution in [2.45, 2.75) is 19.8 Å². The minimum absolute atomic E-state index is 0.391. The summed E-state index contributed by atoms with van der Waals surface area (Å²) in [5, 5.41) is 4.01. The first kappa shape index (κ1) is 12.7. The number of nitrogens with one attached hydrogen (secondary N) is 1. The highest BCUT2D eigenvalue weighted by molar-refractivity contribution is 6.29. The molecule has 1 aliphatic heterocycles. The first-order chi connectivity index (χ1) is 8.07. The molecule has 3 nitrogen and oxygen atoms in total. The molecular weight excluding hydrogens is 234 g/mol. The van der Waals surface area contributed by atoms with E-state index in [-0.39, 0.29) is 0 Å². The van der Waals surface area contributed by atoms with Crippen LogP contribution in [0, 0.1) is 5.41 Å². The predicted octanol–water partition coefficient (Wildman–Crippen LogP) is 2.88. The van der Waals surface area contributed by atoms with Crippen LogP contribution in [0.3, 0.4) is 0 Å². The van der Waals surface area contributed by atoms with Crippen molar-refractivity contribution in [2.24, 2.45) is 5.41 Å². The fraction of sp³-hybridized carbons (Fsp3) is 0.615. The standard InChI is InChI=1S/C13H20ClN3/c1-13(4-7-17(2)8-5-13)10-16-11-3-6-15-12(14)9-11/h3,6,9H,4-5,7-8,10H2,1-2H3,(H,15,16). The van der Waals surface area contributed by atoms with E-state index in [0.717, 1.165) is 12.2 Å². The Hall–Kier alpha value is -0.800. The van der Waals surface area contributed by atoms with E-state index in [2.05, 4.69) is 29.2 Å². The van der Waals surface area contributed by atoms with E-state index >= 15 is 0 Å². The van der Waals surface area contributed by atoms with Gasteiger partial charge in [0.05, 0.1) is 0 Å². The zero-order valence-corrected chi connectivity index (χ0v) is 11.3. The van der Waals surface area contributed by atoms with Crippen molar-refractivity contribution in [2.75, 3.05) is 32.0 Å². The number of likely N-dealkylation sites (tertiary alicyclic amines) is 1. The number of anilines is 1. The number of aromatic nitrogens is 1. The van der Waals surface area contributed by atoms with E-state index in [4.69, 9.17) is 11.6 Å². The average molecular weight is 254 g/mol. The summed E-state index contributed by atoms with van der Waals surface area (Å²) in [5.41, 5.74) is 1.45. The van der Waals surface area contributed by atoms with Crippen LogP contribution in [0.4, 0.5) is 5.69 Å². The van der Waals surface area contributed by atoms with Gasteiger partial charge in [-0.15, -0.1) is 0 Å². The van der Waals surface area contributed by atoms with Gasteiger partial charge in [0, 0.05) is 18.4 Å². The number of pyridine rings is 1. The highest BCUT2D eigenvalue weighted by Gasteiger charge is 2.28. The van der Waals surface area contributed by atoms with Crippen LogP contribution in [0.1, 0.15) is 19.8 Å². The van der Waals surface area contributed by atoms with Gasteiger partial charge in [0.25, 0.3) is 0 Å². The number of hydrogen-bond acceptors (Lipinski definition) is 3. The molecule has 0 saturated carbocycles. The summed E-state index contributed by atoms with van der Waals surface area (Å²) in [6.07, 6.45) is 4.23. The van der Waals surface area contributed by atoms with Crippen molar-refractivity contribution in [3.63, 3.8) is 0 Å². The molecule has 2 rings (SSSR count). The molecule has 0 unspecified atom stereocenters. The Balaban J connectivity index is 1.89. The van der Waals surface area contributed by atoms with Gasteiger partial charge in [-0.25, -0.2) is 4.98 Å². The summed E-state index contributed by atoms with van der Waals surface area (Å²) in [4.78, 5) is 6.37. The molecule has 0 bridgehead atoms. The molecule has 0 aromatic carbocycles. The Labute approximate surface area is 108 Å². The van der Waals surface area contributed by atoms with Gasteiger partial charge in [-0.05, 0) is 50.5 Å². The van der Waals surface area contributed by atoms with Crippen molar-refractivity contribution >= 4 is 17.3 Å². The van der Waals surface area contributed by atoms with Gasteiger partial charge in [-0.2, -0.15) is 0 Å². The molecule has 0 amide bonds. The summed E-state index contributed by atoms with van der Waals surface area (Å²) in [6, 6.07) is 3.84. The Morgan fingerprint density at radius 2 is 2.18 bits per heavy atom. The van der Waals surface area contributed by atoms with E-state index in [9.17, 15) is 0 Å². The molecule has 0 radical (unpaired) electrons. The first-order valence-corrected chi connectivity index (χ1v) is 6.49. The number of piperidine rings is 1. The largest absolute Gasteiger partial charge is 0.384 e. The maximum absolute atomic E-state index is 5.86. The second kappa shape index (κ2) is 5.23. The van der Waals surface area contributed by atoms with E-state index < -0.39 is 0 Å². The van der Waals surface area contributed by atoms with Gasteiger partial charge in [-0.3, -0.25) is 0 Å². The van der Waals surface area contributed by atoms with Crippen LogP contribution in [0.15, 0.2) is 18.3 Å². The van der Waals surface area contributed by atoms with Crippen LogP contribution < -0.4 is 5.32 Å². The van der Waals surface area contributed by atoms with Crippen molar-refractivity contribution < 1.29 is 0 Å². The van der Waals surface area contributed by atoms with Gasteiger partial charge < -0.3 is 10.2 Å². The topological polar surface area (TPSA) is 28.2 Å². The molecule has 0 spiro atoms. The lowest BCUT2D eigenvalue weighted by molar-refractivity contribution is 0.150. The number of nitrogens with zero attached hydrogens (tertiary/aromatic N) is 2. The molecule has 1 fully saturated rings. The van der Waals surface area contributed by atoms with Gasteiger partial charge in [0.2, 0.25) is 0 Å². The molecule has 17 heavy (non-hydrogen) atoms. The molecule has 1 aromatic heterocycles. The second-order valence-electron chi connectivity index (χ2n) is 5.33. The molecule has 1 N–H and O–H groups in total. The zero-order chi connectivity index (χ0) is 12.3. The quantitative estimate of drug-likeness (QED) is 0.840. The smallest absolute Gasteiger partial charge is 0.131 e. The molecule has 2 heterocycles. The first-order valence-electron chi connectivity index (χ1n) is 6.11. The third kappa shape index (κ3) is 3.58. The Kier molecular flexibility index (Phi) is 3.89. The van der Waals surface area contributed by atoms with Gasteiger partial charge in [0.1, 0.15) is 5.15 Å². The maximum Gasteiger partial charge on any atom is 0.131 e. The summed E-state index contributed by atoms with van der Waals surface area (Å²) in [7, 11) is 2.19. The normalized spacial score (nSPS) is 20.2. The molecule has 94 valence electrons. The Morgan fingerprint density at radius 3 is 2.82 bits per heavy atom. The van der Waals surface area contributed by atoms with Gasteiger partial charge in [0.15, 0.2) is 0 Å². The molecule has 1 aromatic rings. The van der Waals surface area contributed by atoms with Crippen LogP contribution >= 0.6 is 11.6 Å². The number of halogens is 1. The fourth-order valence-corrected chi connectivity index (χ4v) is 2.34. The molecule has 0 atom stereocenters. The summed E-state index contributed by atoms with van der Waals surface area (Å²) >= 11 is 5.86. The second-order valence-corrected chi connectivity index (χ2v) is 5.72. The maximum atomic E-state index is 5.86. The van der Waals surface area contributed by atoms with Crippen LogP contribution in [-0.2, 0) is 0 Å². The summed E-state index contributed by atoms with van der Waals surface area (Å²) < 4.78 is 0. The SMILES string of the molecule is CN1CCC(C)(CNc2ccnc(Cl)c2)CC1. The summed E-state index contributed by atoms with van der Waals surface area (Å²) in [5.74, 6) is 0. The lowest BCUT2D eigenvalue weighted by atomic mass is 9.80. The van der Waals surface area contributed by atoms with E-state index in [0.29, 0.717) is 10.6 Å². The third-order valence-corrected chi connectivity index (χ3v) is 3.85. The Bertz CT molecular complexity index is 373. The molecule has 4 heteroatoms.